The van der Waals surface area contributed by atoms with Crippen LogP contribution < -0.4 is 0 Å². The molecular weight excluding hydrogens is 265 g/mol. The Labute approximate surface area is 117 Å². The van der Waals surface area contributed by atoms with Gasteiger partial charge in [0.05, 0.1) is 5.41 Å². The smallest absolute Gasteiger partial charge is 0.299 e. The van der Waals surface area contributed by atoms with Gasteiger partial charge in [-0.1, -0.05) is 43.2 Å². The molecule has 20 heavy (non-hydrogen) atoms. The number of alkyl halides is 3. The van der Waals surface area contributed by atoms with Crippen LogP contribution in [0.4, 0.5) is 13.2 Å². The molecule has 1 nitrogen and oxygen atoms in total. The van der Waals surface area contributed by atoms with Crippen LogP contribution in [0.5, 0.6) is 0 Å². The van der Waals surface area contributed by atoms with Crippen molar-refractivity contribution in [1.29, 1.82) is 0 Å². The zero-order valence-electron chi connectivity index (χ0n) is 11.4. The fraction of sp³-hybridized carbons (Fsp3) is 0.562. The van der Waals surface area contributed by atoms with Gasteiger partial charge in [0.1, 0.15) is 5.78 Å². The Balaban J connectivity index is 2.07. The minimum Gasteiger partial charge on any atom is -0.299 e. The standard InChI is InChI=1S/C16H19F3O/c17-16(18,19)12-6-9-14(20)15(10-4-5-11-15)13-7-2-1-3-8-13/h1-3,7-8H,4-6,9-12H2. The van der Waals surface area contributed by atoms with E-state index in [1.807, 2.05) is 30.3 Å². The molecule has 0 N–H and O–H groups in total. The van der Waals surface area contributed by atoms with Gasteiger partial charge in [0.2, 0.25) is 0 Å². The van der Waals surface area contributed by atoms with Crippen LogP contribution in [0.25, 0.3) is 0 Å². The van der Waals surface area contributed by atoms with Crippen molar-refractivity contribution < 1.29 is 18.0 Å². The number of hydrogen-bond donors (Lipinski definition) is 0. The van der Waals surface area contributed by atoms with Gasteiger partial charge >= 0.3 is 6.18 Å². The van der Waals surface area contributed by atoms with E-state index in [-0.39, 0.29) is 18.6 Å². The third-order valence-electron chi connectivity index (χ3n) is 4.18. The van der Waals surface area contributed by atoms with Crippen LogP contribution >= 0.6 is 0 Å². The third-order valence-corrected chi connectivity index (χ3v) is 4.18. The number of rotatable bonds is 5. The normalized spacial score (nSPS) is 18.1. The minimum absolute atomic E-state index is 0.0222. The maximum atomic E-state index is 12.5. The predicted octanol–water partition coefficient (Wildman–Crippen LogP) is 4.80. The zero-order valence-corrected chi connectivity index (χ0v) is 11.4. The first-order valence-electron chi connectivity index (χ1n) is 7.10. The predicted molar refractivity (Wildman–Crippen MR) is 71.5 cm³/mol. The van der Waals surface area contributed by atoms with E-state index in [9.17, 15) is 18.0 Å². The van der Waals surface area contributed by atoms with Crippen molar-refractivity contribution in [2.45, 2.75) is 56.5 Å². The maximum absolute atomic E-state index is 12.5. The molecule has 0 heterocycles. The lowest BCUT2D eigenvalue weighted by atomic mass is 9.74. The van der Waals surface area contributed by atoms with E-state index in [1.54, 1.807) is 0 Å². The molecule has 1 aliphatic rings. The second-order valence-electron chi connectivity index (χ2n) is 5.55. The summed E-state index contributed by atoms with van der Waals surface area (Å²) in [5, 5.41) is 0. The highest BCUT2D eigenvalue weighted by atomic mass is 19.4. The van der Waals surface area contributed by atoms with E-state index in [2.05, 4.69) is 0 Å². The number of carbonyl (C=O) groups excluding carboxylic acids is 1. The van der Waals surface area contributed by atoms with Crippen LogP contribution in [-0.2, 0) is 10.2 Å². The first-order valence-corrected chi connectivity index (χ1v) is 7.10. The van der Waals surface area contributed by atoms with Gasteiger partial charge in [0.25, 0.3) is 0 Å². The lowest BCUT2D eigenvalue weighted by molar-refractivity contribution is -0.138. The topological polar surface area (TPSA) is 17.1 Å². The molecular formula is C16H19F3O. The van der Waals surface area contributed by atoms with Crippen molar-refractivity contribution in [2.75, 3.05) is 0 Å². The lowest BCUT2D eigenvalue weighted by Gasteiger charge is -2.28. The number of hydrogen-bond acceptors (Lipinski definition) is 1. The number of carbonyl (C=O) groups is 1. The van der Waals surface area contributed by atoms with Crippen LogP contribution in [0.1, 0.15) is 50.5 Å². The van der Waals surface area contributed by atoms with Gasteiger partial charge in [0, 0.05) is 12.8 Å². The molecule has 0 saturated heterocycles. The number of benzene rings is 1. The first-order chi connectivity index (χ1) is 9.44. The van der Waals surface area contributed by atoms with Crippen LogP contribution in [0.2, 0.25) is 0 Å². The Hall–Kier alpha value is -1.32. The average Bonchev–Trinajstić information content (AvgIpc) is 2.89. The molecule has 1 aromatic carbocycles. The SMILES string of the molecule is O=C(CCCC(F)(F)F)C1(c2ccccc2)CCCC1. The molecule has 0 bridgehead atoms. The Bertz CT molecular complexity index is 445. The fourth-order valence-electron chi connectivity index (χ4n) is 3.15. The number of Topliss-reactive ketones (excluding diaryl/α,β-unsaturated/α-hetero) is 1. The molecule has 2 rings (SSSR count). The van der Waals surface area contributed by atoms with E-state index in [4.69, 9.17) is 0 Å². The third kappa shape index (κ3) is 3.41. The molecule has 0 atom stereocenters. The summed E-state index contributed by atoms with van der Waals surface area (Å²) in [5.74, 6) is -0.0227. The van der Waals surface area contributed by atoms with Gasteiger partial charge in [-0.3, -0.25) is 4.79 Å². The quantitative estimate of drug-likeness (QED) is 0.759. The molecule has 0 aromatic heterocycles. The van der Waals surface area contributed by atoms with Crippen molar-refractivity contribution >= 4 is 5.78 Å². The van der Waals surface area contributed by atoms with Gasteiger partial charge in [-0.2, -0.15) is 13.2 Å². The van der Waals surface area contributed by atoms with Crippen molar-refractivity contribution in [2.24, 2.45) is 0 Å². The highest BCUT2D eigenvalue weighted by molar-refractivity contribution is 5.90. The summed E-state index contributed by atoms with van der Waals surface area (Å²) in [6.07, 6.45) is -1.64. The van der Waals surface area contributed by atoms with Gasteiger partial charge < -0.3 is 0 Å². The monoisotopic (exact) mass is 284 g/mol. The molecule has 0 aliphatic heterocycles. The van der Waals surface area contributed by atoms with E-state index < -0.39 is 18.0 Å². The molecule has 0 radical (unpaired) electrons. The molecule has 110 valence electrons. The molecule has 1 aromatic rings. The van der Waals surface area contributed by atoms with E-state index in [1.165, 1.54) is 0 Å². The minimum atomic E-state index is -4.17. The van der Waals surface area contributed by atoms with Crippen molar-refractivity contribution in [3.63, 3.8) is 0 Å². The summed E-state index contributed by atoms with van der Waals surface area (Å²) in [5.41, 5.74) is 0.432. The summed E-state index contributed by atoms with van der Waals surface area (Å²) in [7, 11) is 0. The largest absolute Gasteiger partial charge is 0.389 e. The summed E-state index contributed by atoms with van der Waals surface area (Å²) in [6.45, 7) is 0. The van der Waals surface area contributed by atoms with Gasteiger partial charge in [-0.05, 0) is 24.8 Å². The average molecular weight is 284 g/mol. The molecule has 0 spiro atoms. The van der Waals surface area contributed by atoms with Crippen LogP contribution in [0.15, 0.2) is 30.3 Å². The van der Waals surface area contributed by atoms with Crippen molar-refractivity contribution in [3.05, 3.63) is 35.9 Å². The summed E-state index contributed by atoms with van der Waals surface area (Å²) in [6, 6.07) is 9.51. The Kier molecular flexibility index (Phi) is 4.51. The van der Waals surface area contributed by atoms with Crippen molar-refractivity contribution in [3.8, 4) is 0 Å². The highest BCUT2D eigenvalue weighted by Crippen LogP contribution is 2.43. The molecule has 1 aliphatic carbocycles. The lowest BCUT2D eigenvalue weighted by Crippen LogP contribution is -2.33. The highest BCUT2D eigenvalue weighted by Gasteiger charge is 2.41. The second-order valence-corrected chi connectivity index (χ2v) is 5.55. The number of halogens is 3. The second kappa shape index (κ2) is 5.98. The van der Waals surface area contributed by atoms with Gasteiger partial charge in [-0.15, -0.1) is 0 Å². The summed E-state index contributed by atoms with van der Waals surface area (Å²) in [4.78, 5) is 12.5. The van der Waals surface area contributed by atoms with E-state index >= 15 is 0 Å². The Morgan fingerprint density at radius 3 is 2.25 bits per heavy atom. The van der Waals surface area contributed by atoms with Crippen molar-refractivity contribution in [1.82, 2.24) is 0 Å². The summed E-state index contributed by atoms with van der Waals surface area (Å²) >= 11 is 0. The Morgan fingerprint density at radius 1 is 1.10 bits per heavy atom. The van der Waals surface area contributed by atoms with Gasteiger partial charge in [0.15, 0.2) is 0 Å². The van der Waals surface area contributed by atoms with Gasteiger partial charge in [-0.25, -0.2) is 0 Å². The van der Waals surface area contributed by atoms with Crippen LogP contribution in [0.3, 0.4) is 0 Å². The number of ketones is 1. The maximum Gasteiger partial charge on any atom is 0.389 e. The van der Waals surface area contributed by atoms with Crippen LogP contribution in [-0.4, -0.2) is 12.0 Å². The molecule has 4 heteroatoms. The molecule has 0 unspecified atom stereocenters. The molecule has 0 amide bonds. The van der Waals surface area contributed by atoms with Crippen LogP contribution in [0, 0.1) is 0 Å². The molecule has 1 saturated carbocycles. The zero-order chi connectivity index (χ0) is 14.6. The van der Waals surface area contributed by atoms with E-state index in [0.717, 1.165) is 31.2 Å². The van der Waals surface area contributed by atoms with E-state index in [0.29, 0.717) is 0 Å². The first kappa shape index (κ1) is 15.1. The Morgan fingerprint density at radius 2 is 1.70 bits per heavy atom. The fourth-order valence-corrected chi connectivity index (χ4v) is 3.15. The summed E-state index contributed by atoms with van der Waals surface area (Å²) < 4.78 is 36.6. The molecule has 1 fully saturated rings.